The first-order valence-electron chi connectivity index (χ1n) is 5.52. The van der Waals surface area contributed by atoms with Crippen LogP contribution in [0.25, 0.3) is 11.4 Å². The number of hydrogen-bond acceptors (Lipinski definition) is 4. The predicted molar refractivity (Wildman–Crippen MR) is 71.0 cm³/mol. The molecule has 0 aliphatic heterocycles. The van der Waals surface area contributed by atoms with Crippen molar-refractivity contribution in [1.29, 1.82) is 0 Å². The minimum atomic E-state index is 0.650. The van der Waals surface area contributed by atoms with Crippen LogP contribution in [0.2, 0.25) is 0 Å². The van der Waals surface area contributed by atoms with E-state index >= 15 is 0 Å². The molecule has 1 heterocycles. The molecule has 5 heteroatoms. The van der Waals surface area contributed by atoms with Crippen LogP contribution in [0.1, 0.15) is 5.56 Å². The van der Waals surface area contributed by atoms with Crippen LogP contribution in [0.3, 0.4) is 0 Å². The zero-order valence-corrected chi connectivity index (χ0v) is 10.9. The maximum absolute atomic E-state index is 5.49. The highest BCUT2D eigenvalue weighted by atomic mass is 32.2. The maximum Gasteiger partial charge on any atom is 0.191 e. The van der Waals surface area contributed by atoms with Gasteiger partial charge in [0.15, 0.2) is 11.0 Å². The molecule has 0 spiro atoms. The van der Waals surface area contributed by atoms with Crippen molar-refractivity contribution in [2.24, 2.45) is 12.8 Å². The molecule has 1 aromatic carbocycles. The molecule has 4 nitrogen and oxygen atoms in total. The Morgan fingerprint density at radius 2 is 2.06 bits per heavy atom. The van der Waals surface area contributed by atoms with Gasteiger partial charge >= 0.3 is 0 Å². The number of nitrogens with two attached hydrogens (primary N) is 1. The fraction of sp³-hybridized carbons (Fsp3) is 0.333. The van der Waals surface area contributed by atoms with Gasteiger partial charge in [0.2, 0.25) is 0 Å². The molecule has 0 atom stereocenters. The van der Waals surface area contributed by atoms with Gasteiger partial charge in [-0.2, -0.15) is 0 Å². The first-order valence-corrected chi connectivity index (χ1v) is 6.51. The Labute approximate surface area is 105 Å². The normalized spacial score (nSPS) is 10.8. The number of benzene rings is 1. The fourth-order valence-electron chi connectivity index (χ4n) is 1.65. The minimum absolute atomic E-state index is 0.650. The molecule has 0 aliphatic rings. The van der Waals surface area contributed by atoms with Crippen LogP contribution in [-0.2, 0) is 7.05 Å². The third kappa shape index (κ3) is 2.50. The second-order valence-electron chi connectivity index (χ2n) is 3.82. The second kappa shape index (κ2) is 5.33. The van der Waals surface area contributed by atoms with E-state index in [4.69, 9.17) is 5.73 Å². The van der Waals surface area contributed by atoms with E-state index in [1.807, 2.05) is 23.7 Å². The molecular formula is C12H16N4S. The van der Waals surface area contributed by atoms with Crippen LogP contribution in [0.5, 0.6) is 0 Å². The van der Waals surface area contributed by atoms with Gasteiger partial charge in [0.1, 0.15) is 0 Å². The topological polar surface area (TPSA) is 56.7 Å². The molecular weight excluding hydrogens is 232 g/mol. The van der Waals surface area contributed by atoms with E-state index in [1.54, 1.807) is 11.8 Å². The Hall–Kier alpha value is -1.33. The third-order valence-corrected chi connectivity index (χ3v) is 3.62. The van der Waals surface area contributed by atoms with Crippen LogP contribution >= 0.6 is 11.8 Å². The largest absolute Gasteiger partial charge is 0.330 e. The lowest BCUT2D eigenvalue weighted by molar-refractivity contribution is 0.793. The maximum atomic E-state index is 5.49. The summed E-state index contributed by atoms with van der Waals surface area (Å²) in [7, 11) is 1.99. The summed E-state index contributed by atoms with van der Waals surface area (Å²) in [4.78, 5) is 0. The summed E-state index contributed by atoms with van der Waals surface area (Å²) in [5, 5.41) is 9.35. The highest BCUT2D eigenvalue weighted by Gasteiger charge is 2.11. The van der Waals surface area contributed by atoms with E-state index in [9.17, 15) is 0 Å². The Morgan fingerprint density at radius 1 is 1.29 bits per heavy atom. The Morgan fingerprint density at radius 3 is 2.76 bits per heavy atom. The zero-order chi connectivity index (χ0) is 12.3. The van der Waals surface area contributed by atoms with Gasteiger partial charge in [-0.25, -0.2) is 0 Å². The third-order valence-electron chi connectivity index (χ3n) is 2.57. The summed E-state index contributed by atoms with van der Waals surface area (Å²) >= 11 is 1.63. The fourth-order valence-corrected chi connectivity index (χ4v) is 2.33. The molecule has 0 unspecified atom stereocenters. The molecule has 0 saturated carbocycles. The SMILES string of the molecule is Cc1ccccc1-c1nnc(SCCN)n1C. The lowest BCUT2D eigenvalue weighted by Crippen LogP contribution is -2.03. The van der Waals surface area contributed by atoms with Gasteiger partial charge in [0.25, 0.3) is 0 Å². The minimum Gasteiger partial charge on any atom is -0.330 e. The molecule has 2 aromatic rings. The van der Waals surface area contributed by atoms with Crippen molar-refractivity contribution in [1.82, 2.24) is 14.8 Å². The van der Waals surface area contributed by atoms with Crippen LogP contribution < -0.4 is 5.73 Å². The van der Waals surface area contributed by atoms with Crippen molar-refractivity contribution in [2.45, 2.75) is 12.1 Å². The van der Waals surface area contributed by atoms with Crippen molar-refractivity contribution in [3.8, 4) is 11.4 Å². The number of aryl methyl sites for hydroxylation is 1. The van der Waals surface area contributed by atoms with Crippen molar-refractivity contribution in [3.63, 3.8) is 0 Å². The molecule has 0 aliphatic carbocycles. The smallest absolute Gasteiger partial charge is 0.191 e. The Bertz CT molecular complexity index is 507. The van der Waals surface area contributed by atoms with Gasteiger partial charge in [-0.1, -0.05) is 36.0 Å². The second-order valence-corrected chi connectivity index (χ2v) is 4.88. The van der Waals surface area contributed by atoms with Gasteiger partial charge in [0, 0.05) is 24.9 Å². The van der Waals surface area contributed by atoms with Gasteiger partial charge < -0.3 is 10.3 Å². The van der Waals surface area contributed by atoms with Crippen molar-refractivity contribution in [2.75, 3.05) is 12.3 Å². The number of hydrogen-bond donors (Lipinski definition) is 1. The summed E-state index contributed by atoms with van der Waals surface area (Å²) in [6.45, 7) is 2.73. The summed E-state index contributed by atoms with van der Waals surface area (Å²) in [5.41, 5.74) is 7.82. The lowest BCUT2D eigenvalue weighted by atomic mass is 10.1. The average Bonchev–Trinajstić information content (AvgIpc) is 2.69. The van der Waals surface area contributed by atoms with Crippen LogP contribution in [-0.4, -0.2) is 27.1 Å². The molecule has 2 rings (SSSR count). The first-order chi connectivity index (χ1) is 8.24. The van der Waals surface area contributed by atoms with Crippen molar-refractivity contribution in [3.05, 3.63) is 29.8 Å². The highest BCUT2D eigenvalue weighted by molar-refractivity contribution is 7.99. The summed E-state index contributed by atoms with van der Waals surface area (Å²) in [6, 6.07) is 8.19. The van der Waals surface area contributed by atoms with E-state index in [-0.39, 0.29) is 0 Å². The molecule has 0 bridgehead atoms. The molecule has 0 fully saturated rings. The van der Waals surface area contributed by atoms with E-state index < -0.39 is 0 Å². The summed E-state index contributed by atoms with van der Waals surface area (Å²) in [6.07, 6.45) is 0. The van der Waals surface area contributed by atoms with Crippen LogP contribution in [0.15, 0.2) is 29.4 Å². The Balaban J connectivity index is 2.34. The van der Waals surface area contributed by atoms with Crippen molar-refractivity contribution >= 4 is 11.8 Å². The molecule has 2 N–H and O–H groups in total. The Kier molecular flexibility index (Phi) is 3.81. The summed E-state index contributed by atoms with van der Waals surface area (Å²) < 4.78 is 2.02. The predicted octanol–water partition coefficient (Wildman–Crippen LogP) is 1.84. The van der Waals surface area contributed by atoms with Gasteiger partial charge in [-0.05, 0) is 12.5 Å². The molecule has 0 saturated heterocycles. The number of rotatable bonds is 4. The van der Waals surface area contributed by atoms with Crippen molar-refractivity contribution < 1.29 is 0 Å². The molecule has 0 radical (unpaired) electrons. The molecule has 17 heavy (non-hydrogen) atoms. The highest BCUT2D eigenvalue weighted by Crippen LogP contribution is 2.24. The van der Waals surface area contributed by atoms with Gasteiger partial charge in [-0.3, -0.25) is 0 Å². The monoisotopic (exact) mass is 248 g/mol. The number of aromatic nitrogens is 3. The molecule has 0 amide bonds. The van der Waals surface area contributed by atoms with Gasteiger partial charge in [-0.15, -0.1) is 10.2 Å². The summed E-state index contributed by atoms with van der Waals surface area (Å²) in [5.74, 6) is 1.77. The van der Waals surface area contributed by atoms with E-state index in [0.29, 0.717) is 6.54 Å². The molecule has 90 valence electrons. The van der Waals surface area contributed by atoms with E-state index in [2.05, 4.69) is 29.3 Å². The lowest BCUT2D eigenvalue weighted by Gasteiger charge is -2.05. The zero-order valence-electron chi connectivity index (χ0n) is 10.1. The standard InChI is InChI=1S/C12H16N4S/c1-9-5-3-4-6-10(9)11-14-15-12(16(11)2)17-8-7-13/h3-6H,7-8,13H2,1-2H3. The number of nitrogens with zero attached hydrogens (tertiary/aromatic N) is 3. The number of thioether (sulfide) groups is 1. The van der Waals surface area contributed by atoms with E-state index in [0.717, 1.165) is 22.3 Å². The average molecular weight is 248 g/mol. The molecule has 1 aromatic heterocycles. The van der Waals surface area contributed by atoms with Gasteiger partial charge in [0.05, 0.1) is 0 Å². The van der Waals surface area contributed by atoms with Crippen LogP contribution in [0.4, 0.5) is 0 Å². The first kappa shape index (κ1) is 12.1. The quantitative estimate of drug-likeness (QED) is 0.839. The van der Waals surface area contributed by atoms with Crippen LogP contribution in [0, 0.1) is 6.92 Å². The van der Waals surface area contributed by atoms with E-state index in [1.165, 1.54) is 5.56 Å².